The van der Waals surface area contributed by atoms with Crippen molar-refractivity contribution < 1.29 is 18.7 Å². The van der Waals surface area contributed by atoms with Gasteiger partial charge in [0.15, 0.2) is 0 Å². The van der Waals surface area contributed by atoms with Gasteiger partial charge in [-0.1, -0.05) is 0 Å². The predicted molar refractivity (Wildman–Crippen MR) is 113 cm³/mol. The highest BCUT2D eigenvalue weighted by molar-refractivity contribution is 8.00. The Morgan fingerprint density at radius 3 is 2.38 bits per heavy atom. The topological polar surface area (TPSA) is 65.1 Å². The molecule has 0 unspecified atom stereocenters. The first kappa shape index (κ1) is 21.9. The largest absolute Gasteiger partial charge is 0.378 e. The monoisotopic (exact) mass is 424 g/mol. The number of piperazine rings is 1. The lowest BCUT2D eigenvalue weighted by atomic mass is 10.2. The first-order valence-electron chi connectivity index (χ1n) is 10.0. The minimum Gasteiger partial charge on any atom is -0.378 e. The number of halogens is 1. The van der Waals surface area contributed by atoms with Crippen LogP contribution in [0.2, 0.25) is 0 Å². The Labute approximate surface area is 175 Å². The van der Waals surface area contributed by atoms with Gasteiger partial charge in [0.2, 0.25) is 11.8 Å². The zero-order valence-corrected chi connectivity index (χ0v) is 17.5. The van der Waals surface area contributed by atoms with E-state index in [9.17, 15) is 14.0 Å². The Bertz CT molecular complexity index is 662. The van der Waals surface area contributed by atoms with E-state index < -0.39 is 0 Å². The molecule has 1 aromatic carbocycles. The number of carbonyl (C=O) groups excluding carboxylic acids is 2. The van der Waals surface area contributed by atoms with E-state index in [0.29, 0.717) is 44.4 Å². The van der Waals surface area contributed by atoms with E-state index in [4.69, 9.17) is 4.74 Å². The van der Waals surface area contributed by atoms with Gasteiger partial charge in [-0.05, 0) is 24.3 Å². The number of rotatable bonds is 8. The molecule has 0 aromatic heterocycles. The molecule has 3 rings (SSSR count). The summed E-state index contributed by atoms with van der Waals surface area (Å²) in [5, 5.41) is 2.93. The molecule has 2 saturated heterocycles. The van der Waals surface area contributed by atoms with E-state index in [-0.39, 0.29) is 17.6 Å². The van der Waals surface area contributed by atoms with E-state index in [1.54, 1.807) is 4.90 Å². The van der Waals surface area contributed by atoms with Crippen molar-refractivity contribution in [2.45, 2.75) is 0 Å². The number of ether oxygens (including phenoxy) is 1. The number of amides is 2. The van der Waals surface area contributed by atoms with Crippen molar-refractivity contribution in [3.05, 3.63) is 30.1 Å². The number of hydrogen-bond acceptors (Lipinski definition) is 6. The summed E-state index contributed by atoms with van der Waals surface area (Å²) in [5.74, 6) is 0.458. The number of nitrogens with one attached hydrogen (secondary N) is 1. The smallest absolute Gasteiger partial charge is 0.232 e. The number of morpholine rings is 1. The third-order valence-corrected chi connectivity index (χ3v) is 6.05. The van der Waals surface area contributed by atoms with Crippen LogP contribution in [0.4, 0.5) is 10.1 Å². The summed E-state index contributed by atoms with van der Waals surface area (Å²) in [7, 11) is 0. The van der Waals surface area contributed by atoms with Crippen LogP contribution < -0.4 is 10.2 Å². The highest BCUT2D eigenvalue weighted by Crippen LogP contribution is 2.16. The minimum absolute atomic E-state index is 0.0327. The van der Waals surface area contributed by atoms with Crippen molar-refractivity contribution in [1.29, 1.82) is 0 Å². The van der Waals surface area contributed by atoms with Gasteiger partial charge in [0.1, 0.15) is 5.82 Å². The van der Waals surface area contributed by atoms with Crippen molar-refractivity contribution in [3.63, 3.8) is 0 Å². The van der Waals surface area contributed by atoms with Gasteiger partial charge in [-0.2, -0.15) is 0 Å². The SMILES string of the molecule is O=C(CSCC(=O)N1CCOCC1)NCCN1CCN(c2ccc(F)cc2)CC1. The van der Waals surface area contributed by atoms with Crippen molar-refractivity contribution in [2.24, 2.45) is 0 Å². The average Bonchev–Trinajstić information content (AvgIpc) is 2.75. The highest BCUT2D eigenvalue weighted by atomic mass is 32.2. The molecule has 0 saturated carbocycles. The number of hydrogen-bond donors (Lipinski definition) is 1. The predicted octanol–water partition coefficient (Wildman–Crippen LogP) is 0.656. The van der Waals surface area contributed by atoms with Crippen LogP contribution in [0, 0.1) is 5.82 Å². The third-order valence-electron chi connectivity index (χ3n) is 5.14. The molecule has 1 N–H and O–H groups in total. The Hall–Kier alpha value is -1.84. The van der Waals surface area contributed by atoms with Gasteiger partial charge in [-0.25, -0.2) is 4.39 Å². The van der Waals surface area contributed by atoms with Gasteiger partial charge in [0.25, 0.3) is 0 Å². The summed E-state index contributed by atoms with van der Waals surface area (Å²) < 4.78 is 18.3. The van der Waals surface area contributed by atoms with Crippen molar-refractivity contribution in [2.75, 3.05) is 82.0 Å². The maximum absolute atomic E-state index is 13.0. The second-order valence-electron chi connectivity index (χ2n) is 7.14. The molecule has 0 spiro atoms. The molecule has 7 nitrogen and oxygen atoms in total. The Balaban J connectivity index is 1.24. The van der Waals surface area contributed by atoms with Crippen LogP contribution >= 0.6 is 11.8 Å². The summed E-state index contributed by atoms with van der Waals surface area (Å²) in [6.45, 7) is 7.47. The Morgan fingerprint density at radius 1 is 1.00 bits per heavy atom. The lowest BCUT2D eigenvalue weighted by Gasteiger charge is -2.36. The number of nitrogens with zero attached hydrogens (tertiary/aromatic N) is 3. The molecule has 2 heterocycles. The minimum atomic E-state index is -0.216. The fourth-order valence-corrected chi connectivity index (χ4v) is 4.17. The summed E-state index contributed by atoms with van der Waals surface area (Å²) in [6.07, 6.45) is 0. The molecule has 0 atom stereocenters. The summed E-state index contributed by atoms with van der Waals surface area (Å²) >= 11 is 1.36. The van der Waals surface area contributed by atoms with E-state index in [1.165, 1.54) is 23.9 Å². The Morgan fingerprint density at radius 2 is 1.69 bits per heavy atom. The van der Waals surface area contributed by atoms with Gasteiger partial charge in [-0.3, -0.25) is 14.5 Å². The molecule has 160 valence electrons. The van der Waals surface area contributed by atoms with Gasteiger partial charge < -0.3 is 19.9 Å². The molecular formula is C20H29FN4O3S. The molecule has 2 amide bonds. The summed E-state index contributed by atoms with van der Waals surface area (Å²) in [4.78, 5) is 30.4. The zero-order valence-electron chi connectivity index (χ0n) is 16.6. The van der Waals surface area contributed by atoms with E-state index in [1.807, 2.05) is 12.1 Å². The second kappa shape index (κ2) is 11.4. The van der Waals surface area contributed by atoms with Crippen molar-refractivity contribution >= 4 is 29.3 Å². The van der Waals surface area contributed by atoms with Gasteiger partial charge >= 0.3 is 0 Å². The first-order valence-corrected chi connectivity index (χ1v) is 11.2. The van der Waals surface area contributed by atoms with Crippen LogP contribution in [0.15, 0.2) is 24.3 Å². The van der Waals surface area contributed by atoms with Crippen LogP contribution in [0.25, 0.3) is 0 Å². The number of benzene rings is 1. The molecular weight excluding hydrogens is 395 g/mol. The van der Waals surface area contributed by atoms with E-state index in [2.05, 4.69) is 15.1 Å². The van der Waals surface area contributed by atoms with Gasteiger partial charge in [0, 0.05) is 58.0 Å². The molecule has 0 radical (unpaired) electrons. The number of carbonyl (C=O) groups is 2. The highest BCUT2D eigenvalue weighted by Gasteiger charge is 2.18. The van der Waals surface area contributed by atoms with E-state index >= 15 is 0 Å². The zero-order chi connectivity index (χ0) is 20.5. The number of anilines is 1. The van der Waals surface area contributed by atoms with Crippen LogP contribution in [0.5, 0.6) is 0 Å². The maximum Gasteiger partial charge on any atom is 0.232 e. The van der Waals surface area contributed by atoms with E-state index in [0.717, 1.165) is 38.4 Å². The molecule has 0 aliphatic carbocycles. The molecule has 9 heteroatoms. The number of thioether (sulfide) groups is 1. The fraction of sp³-hybridized carbons (Fsp3) is 0.600. The fourth-order valence-electron chi connectivity index (χ4n) is 3.42. The van der Waals surface area contributed by atoms with Gasteiger partial charge in [0.05, 0.1) is 24.7 Å². The standard InChI is InChI=1S/C20H29FN4O3S/c21-17-1-3-18(4-2-17)24-9-7-23(8-10-24)6-5-22-19(26)15-29-16-20(27)25-11-13-28-14-12-25/h1-4H,5-16H2,(H,22,26). The summed E-state index contributed by atoms with van der Waals surface area (Å²) in [5.41, 5.74) is 1.04. The van der Waals surface area contributed by atoms with Crippen molar-refractivity contribution in [1.82, 2.24) is 15.1 Å². The van der Waals surface area contributed by atoms with Crippen LogP contribution in [0.1, 0.15) is 0 Å². The van der Waals surface area contributed by atoms with Crippen LogP contribution in [-0.2, 0) is 14.3 Å². The second-order valence-corrected chi connectivity index (χ2v) is 8.13. The molecule has 29 heavy (non-hydrogen) atoms. The molecule has 2 aliphatic heterocycles. The summed E-state index contributed by atoms with van der Waals surface area (Å²) in [6, 6.07) is 6.60. The quantitative estimate of drug-likeness (QED) is 0.661. The first-order chi connectivity index (χ1) is 14.1. The maximum atomic E-state index is 13.0. The normalized spacial score (nSPS) is 18.0. The molecule has 0 bridgehead atoms. The average molecular weight is 425 g/mol. The van der Waals surface area contributed by atoms with Crippen LogP contribution in [-0.4, -0.2) is 98.7 Å². The molecule has 2 aliphatic rings. The van der Waals surface area contributed by atoms with Gasteiger partial charge in [-0.15, -0.1) is 11.8 Å². The van der Waals surface area contributed by atoms with Crippen LogP contribution in [0.3, 0.4) is 0 Å². The Kier molecular flexibility index (Phi) is 8.57. The lowest BCUT2D eigenvalue weighted by Crippen LogP contribution is -2.48. The van der Waals surface area contributed by atoms with Crippen molar-refractivity contribution in [3.8, 4) is 0 Å². The lowest BCUT2D eigenvalue weighted by molar-refractivity contribution is -0.132. The third kappa shape index (κ3) is 7.17. The molecule has 2 fully saturated rings. The molecule has 1 aromatic rings.